The molecular weight excluding hydrogens is 244 g/mol. The van der Waals surface area contributed by atoms with Crippen LogP contribution in [0, 0.1) is 6.92 Å². The van der Waals surface area contributed by atoms with Crippen LogP contribution in [-0.2, 0) is 11.3 Å². The summed E-state index contributed by atoms with van der Waals surface area (Å²) in [4.78, 5) is 15.9. The molecule has 0 unspecified atom stereocenters. The molecule has 1 amide bonds. The molecule has 106 valence electrons. The van der Waals surface area contributed by atoms with Gasteiger partial charge in [-0.15, -0.1) is 0 Å². The highest BCUT2D eigenvalue weighted by Gasteiger charge is 2.26. The Morgan fingerprint density at radius 2 is 2.37 bits per heavy atom. The van der Waals surface area contributed by atoms with Crippen LogP contribution in [0.15, 0.2) is 16.5 Å². The third kappa shape index (κ3) is 3.58. The Hall–Kier alpha value is -1.33. The van der Waals surface area contributed by atoms with Crippen molar-refractivity contribution in [3.05, 3.63) is 23.7 Å². The molecule has 1 aliphatic heterocycles. The van der Waals surface area contributed by atoms with Crippen LogP contribution in [0.2, 0.25) is 0 Å². The molecule has 1 N–H and O–H groups in total. The van der Waals surface area contributed by atoms with Crippen molar-refractivity contribution in [3.63, 3.8) is 0 Å². The fourth-order valence-electron chi connectivity index (χ4n) is 2.50. The number of likely N-dealkylation sites (N-methyl/N-ethyl adjacent to an activating group) is 1. The minimum Gasteiger partial charge on any atom is -0.464 e. The molecule has 0 aromatic carbocycles. The van der Waals surface area contributed by atoms with Crippen molar-refractivity contribution in [3.8, 4) is 0 Å². The number of amides is 1. The van der Waals surface area contributed by atoms with E-state index in [1.165, 1.54) is 0 Å². The molecule has 1 aliphatic rings. The van der Waals surface area contributed by atoms with E-state index in [0.717, 1.165) is 30.9 Å². The van der Waals surface area contributed by atoms with Gasteiger partial charge in [-0.05, 0) is 38.4 Å². The maximum absolute atomic E-state index is 12.1. The third-order valence-electron chi connectivity index (χ3n) is 3.66. The minimum absolute atomic E-state index is 0.0643. The summed E-state index contributed by atoms with van der Waals surface area (Å²) in [5.41, 5.74) is 0. The van der Waals surface area contributed by atoms with E-state index in [-0.39, 0.29) is 18.6 Å². The lowest BCUT2D eigenvalue weighted by Crippen LogP contribution is -2.41. The molecule has 0 saturated carbocycles. The molecule has 1 aromatic heterocycles. The number of likely N-dealkylation sites (tertiary alicyclic amines) is 1. The lowest BCUT2D eigenvalue weighted by Gasteiger charge is -2.24. The van der Waals surface area contributed by atoms with Crippen LogP contribution >= 0.6 is 0 Å². The van der Waals surface area contributed by atoms with Crippen molar-refractivity contribution >= 4 is 5.91 Å². The quantitative estimate of drug-likeness (QED) is 0.864. The van der Waals surface area contributed by atoms with Gasteiger partial charge in [0.2, 0.25) is 5.91 Å². The first kappa shape index (κ1) is 14.1. The van der Waals surface area contributed by atoms with Crippen LogP contribution in [-0.4, -0.2) is 53.6 Å². The highest BCUT2D eigenvalue weighted by Crippen LogP contribution is 2.16. The van der Waals surface area contributed by atoms with E-state index in [0.29, 0.717) is 13.1 Å². The van der Waals surface area contributed by atoms with Gasteiger partial charge in [-0.25, -0.2) is 0 Å². The Morgan fingerprint density at radius 3 is 3.00 bits per heavy atom. The summed E-state index contributed by atoms with van der Waals surface area (Å²) in [6.45, 7) is 3.78. The van der Waals surface area contributed by atoms with Crippen LogP contribution in [0.4, 0.5) is 0 Å². The minimum atomic E-state index is 0.0643. The molecule has 1 fully saturated rings. The molecule has 0 aliphatic carbocycles. The van der Waals surface area contributed by atoms with Crippen LogP contribution in [0.1, 0.15) is 24.4 Å². The van der Waals surface area contributed by atoms with E-state index in [4.69, 9.17) is 4.42 Å². The van der Waals surface area contributed by atoms with Gasteiger partial charge in [-0.3, -0.25) is 9.69 Å². The van der Waals surface area contributed by atoms with Crippen molar-refractivity contribution in [2.45, 2.75) is 32.4 Å². The van der Waals surface area contributed by atoms with Crippen molar-refractivity contribution in [2.24, 2.45) is 0 Å². The number of aryl methyl sites for hydroxylation is 1. The van der Waals surface area contributed by atoms with Gasteiger partial charge in [-0.2, -0.15) is 0 Å². The zero-order chi connectivity index (χ0) is 13.8. The van der Waals surface area contributed by atoms with Gasteiger partial charge in [0.1, 0.15) is 11.5 Å². The summed E-state index contributed by atoms with van der Waals surface area (Å²) in [5, 5.41) is 9.24. The second kappa shape index (κ2) is 6.21. The largest absolute Gasteiger partial charge is 0.464 e. The average molecular weight is 266 g/mol. The molecule has 2 heterocycles. The SMILES string of the molecule is Cc1ccc(CN(C)C(=O)CN2CCC[C@H]2CO)o1. The van der Waals surface area contributed by atoms with Gasteiger partial charge in [0.25, 0.3) is 0 Å². The van der Waals surface area contributed by atoms with E-state index in [2.05, 4.69) is 4.90 Å². The number of carbonyl (C=O) groups excluding carboxylic acids is 1. The number of rotatable bonds is 5. The molecule has 5 heteroatoms. The summed E-state index contributed by atoms with van der Waals surface area (Å²) in [6.07, 6.45) is 2.03. The zero-order valence-corrected chi connectivity index (χ0v) is 11.6. The van der Waals surface area contributed by atoms with Crippen molar-refractivity contribution in [2.75, 3.05) is 26.7 Å². The maximum atomic E-state index is 12.1. The standard InChI is InChI=1S/C14H22N2O3/c1-11-5-6-13(19-11)8-15(2)14(18)9-16-7-3-4-12(16)10-17/h5-6,12,17H,3-4,7-10H2,1-2H3/t12-/m0/s1. The summed E-state index contributed by atoms with van der Waals surface area (Å²) in [5.74, 6) is 1.72. The number of hydrogen-bond acceptors (Lipinski definition) is 4. The smallest absolute Gasteiger partial charge is 0.236 e. The first-order valence-electron chi connectivity index (χ1n) is 6.74. The summed E-state index contributed by atoms with van der Waals surface area (Å²) in [7, 11) is 1.78. The van der Waals surface area contributed by atoms with Crippen LogP contribution in [0.25, 0.3) is 0 Å². The van der Waals surface area contributed by atoms with Gasteiger partial charge in [0, 0.05) is 13.1 Å². The van der Waals surface area contributed by atoms with E-state index < -0.39 is 0 Å². The molecule has 0 spiro atoms. The van der Waals surface area contributed by atoms with E-state index >= 15 is 0 Å². The fraction of sp³-hybridized carbons (Fsp3) is 0.643. The molecule has 1 aromatic rings. The summed E-state index contributed by atoms with van der Waals surface area (Å²) >= 11 is 0. The Balaban J connectivity index is 1.85. The first-order chi connectivity index (χ1) is 9.10. The first-order valence-corrected chi connectivity index (χ1v) is 6.74. The monoisotopic (exact) mass is 266 g/mol. The normalized spacial score (nSPS) is 19.8. The second-order valence-electron chi connectivity index (χ2n) is 5.21. The van der Waals surface area contributed by atoms with Crippen LogP contribution in [0.3, 0.4) is 0 Å². The Bertz CT molecular complexity index is 430. The Labute approximate surface area is 113 Å². The van der Waals surface area contributed by atoms with E-state index in [1.54, 1.807) is 11.9 Å². The predicted octanol–water partition coefficient (Wildman–Crippen LogP) is 1.00. The molecule has 2 rings (SSSR count). The molecule has 19 heavy (non-hydrogen) atoms. The van der Waals surface area contributed by atoms with Crippen molar-refractivity contribution in [1.29, 1.82) is 0 Å². The molecule has 0 bridgehead atoms. The lowest BCUT2D eigenvalue weighted by atomic mass is 10.2. The number of carbonyl (C=O) groups is 1. The van der Waals surface area contributed by atoms with Gasteiger partial charge in [0.05, 0.1) is 19.7 Å². The molecule has 1 atom stereocenters. The second-order valence-corrected chi connectivity index (χ2v) is 5.21. The third-order valence-corrected chi connectivity index (χ3v) is 3.66. The molecule has 1 saturated heterocycles. The van der Waals surface area contributed by atoms with Gasteiger partial charge in [-0.1, -0.05) is 0 Å². The molecule has 0 radical (unpaired) electrons. The molecular formula is C14H22N2O3. The Morgan fingerprint density at radius 1 is 1.58 bits per heavy atom. The number of furan rings is 1. The predicted molar refractivity (Wildman–Crippen MR) is 71.6 cm³/mol. The van der Waals surface area contributed by atoms with Gasteiger partial charge < -0.3 is 14.4 Å². The topological polar surface area (TPSA) is 56.9 Å². The highest BCUT2D eigenvalue weighted by molar-refractivity contribution is 5.78. The number of aliphatic hydroxyl groups is 1. The van der Waals surface area contributed by atoms with E-state index in [9.17, 15) is 9.90 Å². The highest BCUT2D eigenvalue weighted by atomic mass is 16.3. The van der Waals surface area contributed by atoms with Crippen LogP contribution in [0.5, 0.6) is 0 Å². The molecule has 5 nitrogen and oxygen atoms in total. The summed E-state index contributed by atoms with van der Waals surface area (Å²) < 4.78 is 5.47. The van der Waals surface area contributed by atoms with Crippen molar-refractivity contribution < 1.29 is 14.3 Å². The maximum Gasteiger partial charge on any atom is 0.236 e. The zero-order valence-electron chi connectivity index (χ0n) is 11.6. The van der Waals surface area contributed by atoms with E-state index in [1.807, 2.05) is 19.1 Å². The average Bonchev–Trinajstić information content (AvgIpc) is 2.98. The van der Waals surface area contributed by atoms with Crippen molar-refractivity contribution in [1.82, 2.24) is 9.80 Å². The Kier molecular flexibility index (Phi) is 4.61. The van der Waals surface area contributed by atoms with Crippen LogP contribution < -0.4 is 0 Å². The lowest BCUT2D eigenvalue weighted by molar-refractivity contribution is -0.132. The summed E-state index contributed by atoms with van der Waals surface area (Å²) in [6, 6.07) is 3.93. The number of nitrogens with zero attached hydrogens (tertiary/aromatic N) is 2. The van der Waals surface area contributed by atoms with Gasteiger partial charge in [0.15, 0.2) is 0 Å². The van der Waals surface area contributed by atoms with Gasteiger partial charge >= 0.3 is 0 Å². The fourth-order valence-corrected chi connectivity index (χ4v) is 2.50. The number of aliphatic hydroxyl groups excluding tert-OH is 1. The number of hydrogen-bond donors (Lipinski definition) is 1.